The number of amides is 2. The van der Waals surface area contributed by atoms with Crippen LogP contribution >= 0.6 is 11.8 Å². The van der Waals surface area contributed by atoms with Crippen LogP contribution in [0.5, 0.6) is 0 Å². The number of thioether (sulfide) groups is 1. The predicted octanol–water partition coefficient (Wildman–Crippen LogP) is -0.0179. The van der Waals surface area contributed by atoms with Crippen LogP contribution in [0.2, 0.25) is 0 Å². The molecule has 7 nitrogen and oxygen atoms in total. The van der Waals surface area contributed by atoms with E-state index in [1.165, 1.54) is 23.6 Å². The lowest BCUT2D eigenvalue weighted by Crippen LogP contribution is -2.56. The fourth-order valence-corrected chi connectivity index (χ4v) is 4.82. The molecule has 0 spiro atoms. The van der Waals surface area contributed by atoms with E-state index in [1.54, 1.807) is 0 Å². The number of carbonyl (C=O) groups excluding carboxylic acids is 1. The largest absolute Gasteiger partial charge is 0.480 e. The van der Waals surface area contributed by atoms with Crippen molar-refractivity contribution in [3.63, 3.8) is 0 Å². The topological polar surface area (TPSA) is 104 Å². The van der Waals surface area contributed by atoms with E-state index in [1.807, 2.05) is 0 Å². The van der Waals surface area contributed by atoms with E-state index in [-0.39, 0.29) is 24.5 Å². The fraction of sp³-hybridized carbons (Fsp3) is 0.667. The van der Waals surface area contributed by atoms with Crippen LogP contribution < -0.4 is 5.32 Å². The zero-order chi connectivity index (χ0) is 16.0. The minimum Gasteiger partial charge on any atom is -0.480 e. The quantitative estimate of drug-likeness (QED) is 0.685. The highest BCUT2D eigenvalue weighted by molar-refractivity contribution is 8.01. The molecule has 1 saturated heterocycles. The third kappa shape index (κ3) is 4.54. The third-order valence-electron chi connectivity index (χ3n) is 3.08. The van der Waals surface area contributed by atoms with Crippen LogP contribution in [0, 0.1) is 12.3 Å². The van der Waals surface area contributed by atoms with Gasteiger partial charge in [0.2, 0.25) is 0 Å². The summed E-state index contributed by atoms with van der Waals surface area (Å²) in [6.07, 6.45) is 4.90. The average molecular weight is 334 g/mol. The van der Waals surface area contributed by atoms with Crippen LogP contribution in [0.4, 0.5) is 4.79 Å². The average Bonchev–Trinajstić information content (AvgIpc) is 2.46. The van der Waals surface area contributed by atoms with Gasteiger partial charge >= 0.3 is 12.0 Å². The van der Waals surface area contributed by atoms with Crippen molar-refractivity contribution in [1.29, 1.82) is 0 Å². The van der Waals surface area contributed by atoms with Gasteiger partial charge in [0.15, 0.2) is 9.84 Å². The number of carboxylic acids is 1. The minimum absolute atomic E-state index is 0.0747. The molecule has 0 saturated carbocycles. The summed E-state index contributed by atoms with van der Waals surface area (Å²) in [6.45, 7) is 1.77. The number of nitrogens with one attached hydrogen (secondary N) is 1. The molecule has 2 amide bonds. The molecule has 1 fully saturated rings. The molecule has 2 unspecified atom stereocenters. The second-order valence-electron chi connectivity index (χ2n) is 4.42. The number of urea groups is 1. The number of nitrogens with zero attached hydrogens (tertiary/aromatic N) is 1. The van der Waals surface area contributed by atoms with E-state index in [2.05, 4.69) is 11.2 Å². The molecular weight excluding hydrogens is 316 g/mol. The van der Waals surface area contributed by atoms with Crippen LogP contribution in [-0.4, -0.2) is 65.6 Å². The van der Waals surface area contributed by atoms with E-state index in [0.29, 0.717) is 5.75 Å². The molecule has 0 aliphatic carbocycles. The summed E-state index contributed by atoms with van der Waals surface area (Å²) in [5, 5.41) is 10.3. The number of carboxylic acid groups (broad SMARTS) is 1. The molecule has 118 valence electrons. The van der Waals surface area contributed by atoms with Crippen molar-refractivity contribution in [3.8, 4) is 12.3 Å². The maximum atomic E-state index is 12.2. The standard InChI is InChI=1S/C12H18N2O5S2/c1-3-5-9(11(15)16)13-12(17)14-6-7-20-8-10(14)21(18,19)4-2/h1,9-10H,4-8H2,2H3,(H,13,17)(H,15,16). The molecule has 2 atom stereocenters. The van der Waals surface area contributed by atoms with Gasteiger partial charge < -0.3 is 15.3 Å². The maximum absolute atomic E-state index is 12.2. The molecule has 0 radical (unpaired) electrons. The Morgan fingerprint density at radius 2 is 2.24 bits per heavy atom. The fourth-order valence-electron chi connectivity index (χ4n) is 1.85. The van der Waals surface area contributed by atoms with Gasteiger partial charge in [-0.3, -0.25) is 0 Å². The summed E-state index contributed by atoms with van der Waals surface area (Å²) >= 11 is 1.45. The SMILES string of the molecule is C#CCC(NC(=O)N1CCSCC1S(=O)(=O)CC)C(=O)O. The number of hydrogen-bond acceptors (Lipinski definition) is 5. The van der Waals surface area contributed by atoms with E-state index in [9.17, 15) is 18.0 Å². The van der Waals surface area contributed by atoms with Crippen molar-refractivity contribution < 1.29 is 23.1 Å². The van der Waals surface area contributed by atoms with Gasteiger partial charge in [0, 0.05) is 30.2 Å². The summed E-state index contributed by atoms with van der Waals surface area (Å²) in [5.74, 6) is 1.75. The minimum atomic E-state index is -3.43. The van der Waals surface area contributed by atoms with Crippen LogP contribution in [0.1, 0.15) is 13.3 Å². The van der Waals surface area contributed by atoms with Gasteiger partial charge in [-0.05, 0) is 0 Å². The Balaban J connectivity index is 2.87. The number of carbonyl (C=O) groups is 2. The number of aliphatic carboxylic acids is 1. The molecule has 1 rings (SSSR count). The molecule has 0 bridgehead atoms. The van der Waals surface area contributed by atoms with Gasteiger partial charge in [-0.2, -0.15) is 11.8 Å². The van der Waals surface area contributed by atoms with Gasteiger partial charge in [0.05, 0.1) is 0 Å². The molecule has 9 heteroatoms. The molecule has 21 heavy (non-hydrogen) atoms. The molecule has 1 aliphatic heterocycles. The molecule has 0 aromatic carbocycles. The van der Waals surface area contributed by atoms with E-state index in [4.69, 9.17) is 11.5 Å². The predicted molar refractivity (Wildman–Crippen MR) is 80.7 cm³/mol. The highest BCUT2D eigenvalue weighted by atomic mass is 32.2. The zero-order valence-corrected chi connectivity index (χ0v) is 13.2. The van der Waals surface area contributed by atoms with Gasteiger partial charge in [-0.25, -0.2) is 18.0 Å². The first-order chi connectivity index (χ1) is 9.83. The molecule has 0 aromatic heterocycles. The highest BCUT2D eigenvalue weighted by Crippen LogP contribution is 2.21. The first-order valence-electron chi connectivity index (χ1n) is 6.36. The lowest BCUT2D eigenvalue weighted by Gasteiger charge is -2.35. The van der Waals surface area contributed by atoms with Gasteiger partial charge in [0.25, 0.3) is 0 Å². The van der Waals surface area contributed by atoms with Crippen molar-refractivity contribution in [1.82, 2.24) is 10.2 Å². The summed E-state index contributed by atoms with van der Waals surface area (Å²) in [4.78, 5) is 24.3. The zero-order valence-electron chi connectivity index (χ0n) is 11.6. The van der Waals surface area contributed by atoms with Crippen molar-refractivity contribution in [3.05, 3.63) is 0 Å². The third-order valence-corrected chi connectivity index (χ3v) is 6.37. The van der Waals surface area contributed by atoms with E-state index < -0.39 is 33.3 Å². The Morgan fingerprint density at radius 1 is 1.57 bits per heavy atom. The number of terminal acetylenes is 1. The molecule has 0 aromatic rings. The first kappa shape index (κ1) is 17.7. The Morgan fingerprint density at radius 3 is 2.76 bits per heavy atom. The lowest BCUT2D eigenvalue weighted by molar-refractivity contribution is -0.139. The van der Waals surface area contributed by atoms with Crippen molar-refractivity contribution in [2.24, 2.45) is 0 Å². The maximum Gasteiger partial charge on any atom is 0.327 e. The highest BCUT2D eigenvalue weighted by Gasteiger charge is 2.36. The Kier molecular flexibility index (Phi) is 6.36. The number of sulfone groups is 1. The van der Waals surface area contributed by atoms with Gasteiger partial charge in [-0.15, -0.1) is 12.3 Å². The number of rotatable bonds is 5. The Hall–Kier alpha value is -1.40. The second kappa shape index (κ2) is 7.56. The van der Waals surface area contributed by atoms with Crippen molar-refractivity contribution >= 4 is 33.6 Å². The van der Waals surface area contributed by atoms with Crippen LogP contribution in [0.3, 0.4) is 0 Å². The second-order valence-corrected chi connectivity index (χ2v) is 8.02. The van der Waals surface area contributed by atoms with Gasteiger partial charge in [-0.1, -0.05) is 6.92 Å². The van der Waals surface area contributed by atoms with Crippen molar-refractivity contribution in [2.75, 3.05) is 23.8 Å². The van der Waals surface area contributed by atoms with Gasteiger partial charge in [0.1, 0.15) is 11.4 Å². The summed E-state index contributed by atoms with van der Waals surface area (Å²) in [7, 11) is -3.43. The molecule has 2 N–H and O–H groups in total. The molecule has 1 aliphatic rings. The van der Waals surface area contributed by atoms with E-state index in [0.717, 1.165) is 0 Å². The Labute approximate surface area is 128 Å². The number of hydrogen-bond donors (Lipinski definition) is 2. The molecular formula is C12H18N2O5S2. The molecule has 1 heterocycles. The van der Waals surface area contributed by atoms with Crippen LogP contribution in [0.15, 0.2) is 0 Å². The Bertz CT molecular complexity index is 540. The van der Waals surface area contributed by atoms with Crippen LogP contribution in [0.25, 0.3) is 0 Å². The van der Waals surface area contributed by atoms with Crippen LogP contribution in [-0.2, 0) is 14.6 Å². The summed E-state index contributed by atoms with van der Waals surface area (Å²) in [5.41, 5.74) is 0. The smallest absolute Gasteiger partial charge is 0.327 e. The first-order valence-corrected chi connectivity index (χ1v) is 9.23. The lowest BCUT2D eigenvalue weighted by atomic mass is 10.2. The van der Waals surface area contributed by atoms with E-state index >= 15 is 0 Å². The monoisotopic (exact) mass is 334 g/mol. The summed E-state index contributed by atoms with van der Waals surface area (Å²) < 4.78 is 24.1. The van der Waals surface area contributed by atoms with Crippen molar-refractivity contribution in [2.45, 2.75) is 24.8 Å². The summed E-state index contributed by atoms with van der Waals surface area (Å²) in [6, 6.07) is -1.93. The normalized spacial score (nSPS) is 20.4.